The molecule has 0 saturated heterocycles. The van der Waals surface area contributed by atoms with E-state index >= 15 is 0 Å². The maximum Gasteiger partial charge on any atom is 0.255 e. The van der Waals surface area contributed by atoms with E-state index in [-0.39, 0.29) is 21.5 Å². The molecule has 3 aromatic carbocycles. The van der Waals surface area contributed by atoms with Crippen LogP contribution in [0.4, 0.5) is 0 Å². The Morgan fingerprint density at radius 1 is 1.06 bits per heavy atom. The summed E-state index contributed by atoms with van der Waals surface area (Å²) in [4.78, 5) is 13.6. The summed E-state index contributed by atoms with van der Waals surface area (Å²) in [6, 6.07) is 21.2. The van der Waals surface area contributed by atoms with Crippen molar-refractivity contribution in [2.45, 2.75) is 16.2 Å². The molecule has 10 heteroatoms. The number of nitrogens with one attached hydrogen (secondary N) is 1. The molecule has 0 spiro atoms. The minimum atomic E-state index is -4.10. The van der Waals surface area contributed by atoms with Crippen LogP contribution in [0.25, 0.3) is 0 Å². The van der Waals surface area contributed by atoms with Crippen molar-refractivity contribution in [3.05, 3.63) is 94.0 Å². The topological polar surface area (TPSA) is 78.8 Å². The van der Waals surface area contributed by atoms with E-state index in [2.05, 4.69) is 10.5 Å². The number of hydrogen-bond donors (Lipinski definition) is 1. The summed E-state index contributed by atoms with van der Waals surface area (Å²) in [6.45, 7) is -0.358. The third-order valence-electron chi connectivity index (χ3n) is 4.84. The predicted octanol–water partition coefficient (Wildman–Crippen LogP) is 5.10. The Kier molecular flexibility index (Phi) is 9.55. The molecule has 0 aliphatic rings. The van der Waals surface area contributed by atoms with Crippen LogP contribution in [-0.2, 0) is 21.2 Å². The van der Waals surface area contributed by atoms with Crippen LogP contribution in [0.15, 0.2) is 87.7 Å². The molecule has 0 aliphatic carbocycles. The summed E-state index contributed by atoms with van der Waals surface area (Å²) in [5, 5.41) is 4.21. The zero-order valence-corrected chi connectivity index (χ0v) is 21.5. The van der Waals surface area contributed by atoms with Crippen LogP contribution in [0.3, 0.4) is 0 Å². The lowest BCUT2D eigenvalue weighted by molar-refractivity contribution is -0.121. The highest BCUT2D eigenvalue weighted by Gasteiger charge is 2.28. The lowest BCUT2D eigenvalue weighted by Gasteiger charge is -2.22. The second kappa shape index (κ2) is 12.4. The summed E-state index contributed by atoms with van der Waals surface area (Å²) < 4.78 is 27.8. The van der Waals surface area contributed by atoms with Crippen LogP contribution in [0.5, 0.6) is 0 Å². The van der Waals surface area contributed by atoms with Gasteiger partial charge >= 0.3 is 0 Å². The molecule has 0 bridgehead atoms. The first kappa shape index (κ1) is 26.2. The van der Waals surface area contributed by atoms with Crippen molar-refractivity contribution in [2.75, 3.05) is 19.3 Å². The van der Waals surface area contributed by atoms with Gasteiger partial charge in [0.15, 0.2) is 0 Å². The minimum absolute atomic E-state index is 0.0289. The molecule has 0 fully saturated rings. The predicted molar refractivity (Wildman–Crippen MR) is 139 cm³/mol. The fourth-order valence-electron chi connectivity index (χ4n) is 3.06. The van der Waals surface area contributed by atoms with Gasteiger partial charge in [-0.3, -0.25) is 4.79 Å². The third kappa shape index (κ3) is 7.32. The first-order valence-corrected chi connectivity index (χ1v) is 13.7. The molecule has 0 aliphatic heterocycles. The lowest BCUT2D eigenvalue weighted by Crippen LogP contribution is -2.40. The van der Waals surface area contributed by atoms with Crippen LogP contribution in [0.1, 0.15) is 11.1 Å². The SMILES string of the molecule is CSc1ccc(/C=N\NC(=O)CN(CCc2ccccc2)S(=O)(=O)c2cc(Cl)ccc2Cl)cc1. The number of hydrazone groups is 1. The normalized spacial score (nSPS) is 11.8. The van der Waals surface area contributed by atoms with E-state index in [1.807, 2.05) is 60.9 Å². The summed E-state index contributed by atoms with van der Waals surface area (Å²) >= 11 is 13.8. The Balaban J connectivity index is 1.76. The maximum atomic E-state index is 13.4. The van der Waals surface area contributed by atoms with Gasteiger partial charge in [0.05, 0.1) is 17.8 Å². The summed E-state index contributed by atoms with van der Waals surface area (Å²) in [5.41, 5.74) is 4.14. The molecule has 3 rings (SSSR count). The molecule has 0 radical (unpaired) electrons. The van der Waals surface area contributed by atoms with Crippen LogP contribution >= 0.6 is 35.0 Å². The quantitative estimate of drug-likeness (QED) is 0.222. The molecular formula is C24H23Cl2N3O3S2. The van der Waals surface area contributed by atoms with Crippen molar-refractivity contribution < 1.29 is 13.2 Å². The zero-order valence-electron chi connectivity index (χ0n) is 18.3. The fraction of sp³-hybridized carbons (Fsp3) is 0.167. The van der Waals surface area contributed by atoms with Gasteiger partial charge in [-0.05, 0) is 54.1 Å². The number of carbonyl (C=O) groups is 1. The molecule has 0 aromatic heterocycles. The van der Waals surface area contributed by atoms with E-state index in [1.165, 1.54) is 24.4 Å². The summed E-state index contributed by atoms with van der Waals surface area (Å²) in [6.07, 6.45) is 3.90. The highest BCUT2D eigenvalue weighted by molar-refractivity contribution is 7.98. The van der Waals surface area contributed by atoms with E-state index in [0.717, 1.165) is 20.3 Å². The molecule has 1 N–H and O–H groups in total. The smallest absolute Gasteiger partial charge is 0.255 e. The van der Waals surface area contributed by atoms with Gasteiger partial charge in [-0.25, -0.2) is 13.8 Å². The molecule has 0 atom stereocenters. The lowest BCUT2D eigenvalue weighted by atomic mass is 10.1. The van der Waals surface area contributed by atoms with Gasteiger partial charge in [-0.1, -0.05) is 65.7 Å². The van der Waals surface area contributed by atoms with Crippen molar-refractivity contribution in [3.63, 3.8) is 0 Å². The molecule has 1 amide bonds. The number of nitrogens with zero attached hydrogens (tertiary/aromatic N) is 2. The standard InChI is InChI=1S/C24H23Cl2N3O3S2/c1-33-21-10-7-19(8-11-21)16-27-28-24(30)17-29(14-13-18-5-3-2-4-6-18)34(31,32)23-15-20(25)9-12-22(23)26/h2-12,15-16H,13-14,17H2,1H3,(H,28,30)/b27-16-. The van der Waals surface area contributed by atoms with Crippen LogP contribution in [0, 0.1) is 0 Å². The number of halogens is 2. The van der Waals surface area contributed by atoms with Gasteiger partial charge in [0.2, 0.25) is 10.0 Å². The van der Waals surface area contributed by atoms with E-state index in [0.29, 0.717) is 6.42 Å². The highest BCUT2D eigenvalue weighted by Crippen LogP contribution is 2.28. The van der Waals surface area contributed by atoms with E-state index < -0.39 is 22.5 Å². The van der Waals surface area contributed by atoms with Crippen molar-refractivity contribution in [3.8, 4) is 0 Å². The molecule has 6 nitrogen and oxygen atoms in total. The number of thioether (sulfide) groups is 1. The average Bonchev–Trinajstić information content (AvgIpc) is 2.84. The molecular weight excluding hydrogens is 513 g/mol. The highest BCUT2D eigenvalue weighted by atomic mass is 35.5. The van der Waals surface area contributed by atoms with E-state index in [1.54, 1.807) is 11.8 Å². The van der Waals surface area contributed by atoms with Gasteiger partial charge in [-0.2, -0.15) is 9.41 Å². The fourth-order valence-corrected chi connectivity index (χ4v) is 5.60. The zero-order chi connectivity index (χ0) is 24.6. The first-order valence-electron chi connectivity index (χ1n) is 10.2. The number of hydrogen-bond acceptors (Lipinski definition) is 5. The molecule has 178 valence electrons. The number of rotatable bonds is 10. The van der Waals surface area contributed by atoms with Crippen molar-refractivity contribution in [1.29, 1.82) is 0 Å². The average molecular weight is 537 g/mol. The Morgan fingerprint density at radius 3 is 2.44 bits per heavy atom. The Bertz CT molecular complexity index is 1250. The van der Waals surface area contributed by atoms with Gasteiger partial charge in [-0.15, -0.1) is 11.8 Å². The second-order valence-electron chi connectivity index (χ2n) is 7.22. The molecule has 0 saturated carbocycles. The molecule has 0 unspecified atom stereocenters. The number of amides is 1. The molecule has 0 heterocycles. The summed E-state index contributed by atoms with van der Waals surface area (Å²) in [5.74, 6) is -0.577. The molecule has 3 aromatic rings. The minimum Gasteiger partial charge on any atom is -0.272 e. The van der Waals surface area contributed by atoms with Gasteiger partial charge in [0, 0.05) is 16.5 Å². The Hall–Kier alpha value is -2.36. The third-order valence-corrected chi connectivity index (χ3v) is 8.15. The monoisotopic (exact) mass is 535 g/mol. The van der Waals surface area contributed by atoms with Gasteiger partial charge in [0.1, 0.15) is 4.90 Å². The second-order valence-corrected chi connectivity index (χ2v) is 10.8. The Morgan fingerprint density at radius 2 is 1.76 bits per heavy atom. The number of sulfonamides is 1. The number of benzene rings is 3. The molecule has 34 heavy (non-hydrogen) atoms. The maximum absolute atomic E-state index is 13.4. The first-order chi connectivity index (χ1) is 16.3. The van der Waals surface area contributed by atoms with E-state index in [4.69, 9.17) is 23.2 Å². The van der Waals surface area contributed by atoms with Gasteiger partial charge in [0.25, 0.3) is 5.91 Å². The number of carbonyl (C=O) groups excluding carboxylic acids is 1. The Labute approximate surface area is 214 Å². The van der Waals surface area contributed by atoms with Crippen LogP contribution < -0.4 is 5.43 Å². The largest absolute Gasteiger partial charge is 0.272 e. The van der Waals surface area contributed by atoms with Crippen LogP contribution in [-0.4, -0.2) is 44.2 Å². The summed E-state index contributed by atoms with van der Waals surface area (Å²) in [7, 11) is -4.10. The van der Waals surface area contributed by atoms with Crippen molar-refractivity contribution in [1.82, 2.24) is 9.73 Å². The van der Waals surface area contributed by atoms with Gasteiger partial charge < -0.3 is 0 Å². The van der Waals surface area contributed by atoms with Crippen molar-refractivity contribution in [2.24, 2.45) is 5.10 Å². The van der Waals surface area contributed by atoms with Crippen LogP contribution in [0.2, 0.25) is 10.0 Å². The van der Waals surface area contributed by atoms with E-state index in [9.17, 15) is 13.2 Å². The van der Waals surface area contributed by atoms with Crippen molar-refractivity contribution >= 4 is 57.1 Å².